The van der Waals surface area contributed by atoms with Crippen molar-refractivity contribution in [2.45, 2.75) is 11.8 Å². The average molecular weight is 411 g/mol. The van der Waals surface area contributed by atoms with Crippen LogP contribution in [0.2, 0.25) is 5.02 Å². The monoisotopic (exact) mass is 410 g/mol. The summed E-state index contributed by atoms with van der Waals surface area (Å²) in [5.74, 6) is -1.42. The number of ether oxygens (including phenoxy) is 1. The van der Waals surface area contributed by atoms with E-state index in [1.807, 2.05) is 19.1 Å². The van der Waals surface area contributed by atoms with E-state index < -0.39 is 28.5 Å². The highest BCUT2D eigenvalue weighted by molar-refractivity contribution is 7.89. The lowest BCUT2D eigenvalue weighted by atomic mass is 10.2. The number of hydrogen-bond donors (Lipinski definition) is 1. The van der Waals surface area contributed by atoms with E-state index in [-0.39, 0.29) is 15.5 Å². The summed E-state index contributed by atoms with van der Waals surface area (Å²) < 4.78 is 30.4. The standard InChI is InChI=1S/C18H19ClN2O5S/c1-12-6-4-5-7-16(12)20-17(22)11-26-18(23)14-10-13(8-9-15(14)19)27(24,25)21(2)3/h4-10H,11H2,1-3H3,(H,20,22). The van der Waals surface area contributed by atoms with E-state index in [0.717, 1.165) is 15.9 Å². The number of halogens is 1. The van der Waals surface area contributed by atoms with E-state index in [9.17, 15) is 18.0 Å². The zero-order chi connectivity index (χ0) is 20.2. The molecule has 2 aromatic carbocycles. The fourth-order valence-corrected chi connectivity index (χ4v) is 3.26. The minimum atomic E-state index is -3.74. The van der Waals surface area contributed by atoms with E-state index in [4.69, 9.17) is 16.3 Å². The number of rotatable bonds is 6. The lowest BCUT2D eigenvalue weighted by Crippen LogP contribution is -2.23. The van der Waals surface area contributed by atoms with Gasteiger partial charge in [-0.25, -0.2) is 17.5 Å². The Kier molecular flexibility index (Phi) is 6.59. The van der Waals surface area contributed by atoms with Gasteiger partial charge in [-0.2, -0.15) is 0 Å². The summed E-state index contributed by atoms with van der Waals surface area (Å²) in [6, 6.07) is 10.9. The third-order valence-corrected chi connectivity index (χ3v) is 5.83. The Morgan fingerprint density at radius 1 is 1.15 bits per heavy atom. The van der Waals surface area contributed by atoms with Gasteiger partial charge in [0.1, 0.15) is 0 Å². The number of nitrogens with zero attached hydrogens (tertiary/aromatic N) is 1. The van der Waals surface area contributed by atoms with Gasteiger partial charge >= 0.3 is 5.97 Å². The van der Waals surface area contributed by atoms with Gasteiger partial charge in [0.25, 0.3) is 5.91 Å². The van der Waals surface area contributed by atoms with Crippen LogP contribution in [0.25, 0.3) is 0 Å². The van der Waals surface area contributed by atoms with Gasteiger partial charge in [-0.1, -0.05) is 29.8 Å². The Labute approximate surface area is 162 Å². The predicted molar refractivity (Wildman–Crippen MR) is 102 cm³/mol. The summed E-state index contributed by atoms with van der Waals surface area (Å²) in [7, 11) is -0.993. The highest BCUT2D eigenvalue weighted by atomic mass is 35.5. The van der Waals surface area contributed by atoms with Crippen molar-refractivity contribution >= 4 is 39.2 Å². The van der Waals surface area contributed by atoms with Crippen LogP contribution in [0, 0.1) is 6.92 Å². The molecule has 0 aliphatic heterocycles. The Morgan fingerprint density at radius 2 is 1.81 bits per heavy atom. The van der Waals surface area contributed by atoms with Crippen molar-refractivity contribution in [3.63, 3.8) is 0 Å². The molecule has 0 radical (unpaired) electrons. The van der Waals surface area contributed by atoms with E-state index in [1.165, 1.54) is 26.2 Å². The molecule has 27 heavy (non-hydrogen) atoms. The lowest BCUT2D eigenvalue weighted by molar-refractivity contribution is -0.119. The van der Waals surface area contributed by atoms with Crippen LogP contribution in [0.3, 0.4) is 0 Å². The van der Waals surface area contributed by atoms with Gasteiger partial charge in [-0.05, 0) is 36.8 Å². The van der Waals surface area contributed by atoms with Crippen LogP contribution in [0.5, 0.6) is 0 Å². The van der Waals surface area contributed by atoms with Crippen molar-refractivity contribution < 1.29 is 22.7 Å². The van der Waals surface area contributed by atoms with Gasteiger partial charge in [-0.3, -0.25) is 4.79 Å². The van der Waals surface area contributed by atoms with Crippen LogP contribution in [-0.2, 0) is 19.6 Å². The summed E-state index contributed by atoms with van der Waals surface area (Å²) in [6.45, 7) is 1.30. The van der Waals surface area contributed by atoms with Crippen LogP contribution in [0.1, 0.15) is 15.9 Å². The van der Waals surface area contributed by atoms with Crippen molar-refractivity contribution in [1.82, 2.24) is 4.31 Å². The van der Waals surface area contributed by atoms with Crippen LogP contribution >= 0.6 is 11.6 Å². The molecule has 0 unspecified atom stereocenters. The zero-order valence-electron chi connectivity index (χ0n) is 15.0. The lowest BCUT2D eigenvalue weighted by Gasteiger charge is -2.13. The molecule has 0 saturated carbocycles. The first-order valence-electron chi connectivity index (χ1n) is 7.87. The molecule has 9 heteroatoms. The summed E-state index contributed by atoms with van der Waals surface area (Å²) in [6.07, 6.45) is 0. The molecule has 2 aromatic rings. The molecule has 0 heterocycles. The fourth-order valence-electron chi connectivity index (χ4n) is 2.14. The molecule has 7 nitrogen and oxygen atoms in total. The Morgan fingerprint density at radius 3 is 2.44 bits per heavy atom. The maximum absolute atomic E-state index is 12.2. The summed E-state index contributed by atoms with van der Waals surface area (Å²) in [5.41, 5.74) is 1.33. The first kappa shape index (κ1) is 20.9. The molecule has 0 aliphatic rings. The molecule has 1 amide bonds. The molecule has 0 aromatic heterocycles. The van der Waals surface area contributed by atoms with Gasteiger partial charge < -0.3 is 10.1 Å². The minimum absolute atomic E-state index is 0.0250. The van der Waals surface area contributed by atoms with Crippen molar-refractivity contribution in [3.05, 3.63) is 58.6 Å². The SMILES string of the molecule is Cc1ccccc1NC(=O)COC(=O)c1cc(S(=O)(=O)N(C)C)ccc1Cl. The van der Waals surface area contributed by atoms with Gasteiger partial charge in [0.15, 0.2) is 6.61 Å². The average Bonchev–Trinajstić information content (AvgIpc) is 2.61. The molecule has 144 valence electrons. The van der Waals surface area contributed by atoms with Gasteiger partial charge in [-0.15, -0.1) is 0 Å². The largest absolute Gasteiger partial charge is 0.452 e. The number of para-hydroxylation sites is 1. The number of amides is 1. The number of carbonyl (C=O) groups excluding carboxylic acids is 2. The number of nitrogens with one attached hydrogen (secondary N) is 1. The number of sulfonamides is 1. The zero-order valence-corrected chi connectivity index (χ0v) is 16.6. The molecule has 0 atom stereocenters. The summed E-state index contributed by atoms with van der Waals surface area (Å²) in [5, 5.41) is 2.66. The van der Waals surface area contributed by atoms with Crippen LogP contribution < -0.4 is 5.32 Å². The van der Waals surface area contributed by atoms with Crippen LogP contribution in [0.15, 0.2) is 47.4 Å². The van der Waals surface area contributed by atoms with Crippen molar-refractivity contribution in [1.29, 1.82) is 0 Å². The highest BCUT2D eigenvalue weighted by Crippen LogP contribution is 2.23. The van der Waals surface area contributed by atoms with E-state index in [1.54, 1.807) is 12.1 Å². The van der Waals surface area contributed by atoms with E-state index in [0.29, 0.717) is 5.69 Å². The first-order valence-corrected chi connectivity index (χ1v) is 9.69. The third kappa shape index (κ3) is 5.06. The molecule has 2 rings (SSSR count). The second-order valence-electron chi connectivity index (χ2n) is 5.87. The van der Waals surface area contributed by atoms with Crippen LogP contribution in [0.4, 0.5) is 5.69 Å². The highest BCUT2D eigenvalue weighted by Gasteiger charge is 2.22. The van der Waals surface area contributed by atoms with Crippen LogP contribution in [-0.4, -0.2) is 45.3 Å². The molecular weight excluding hydrogens is 392 g/mol. The predicted octanol–water partition coefficient (Wildman–Crippen LogP) is 2.69. The number of benzene rings is 2. The summed E-state index contributed by atoms with van der Waals surface area (Å²) >= 11 is 5.98. The number of anilines is 1. The minimum Gasteiger partial charge on any atom is -0.452 e. The maximum atomic E-state index is 12.2. The number of esters is 1. The van der Waals surface area contributed by atoms with Crippen molar-refractivity contribution in [2.24, 2.45) is 0 Å². The molecular formula is C18H19ClN2O5S. The van der Waals surface area contributed by atoms with Gasteiger partial charge in [0.05, 0.1) is 15.5 Å². The smallest absolute Gasteiger partial charge is 0.340 e. The second kappa shape index (κ2) is 8.51. The number of carbonyl (C=O) groups is 2. The van der Waals surface area contributed by atoms with Gasteiger partial charge in [0.2, 0.25) is 10.0 Å². The molecule has 1 N–H and O–H groups in total. The van der Waals surface area contributed by atoms with Crippen molar-refractivity contribution in [3.8, 4) is 0 Å². The topological polar surface area (TPSA) is 92.8 Å². The Bertz CT molecular complexity index is 973. The molecule has 0 bridgehead atoms. The quantitative estimate of drug-likeness (QED) is 0.739. The first-order chi connectivity index (χ1) is 12.6. The number of hydrogen-bond acceptors (Lipinski definition) is 5. The molecule has 0 aliphatic carbocycles. The Balaban J connectivity index is 2.10. The molecule has 0 saturated heterocycles. The van der Waals surface area contributed by atoms with E-state index >= 15 is 0 Å². The maximum Gasteiger partial charge on any atom is 0.340 e. The van der Waals surface area contributed by atoms with Gasteiger partial charge in [0, 0.05) is 19.8 Å². The molecule has 0 fully saturated rings. The summed E-state index contributed by atoms with van der Waals surface area (Å²) in [4.78, 5) is 24.1. The van der Waals surface area contributed by atoms with E-state index in [2.05, 4.69) is 5.32 Å². The number of aryl methyl sites for hydroxylation is 1. The fraction of sp³-hybridized carbons (Fsp3) is 0.222. The Hall–Kier alpha value is -2.42. The van der Waals surface area contributed by atoms with Crippen molar-refractivity contribution in [2.75, 3.05) is 26.0 Å². The second-order valence-corrected chi connectivity index (χ2v) is 8.43. The third-order valence-electron chi connectivity index (χ3n) is 3.69. The molecule has 0 spiro atoms. The normalized spacial score (nSPS) is 11.3.